The van der Waals surface area contributed by atoms with Gasteiger partial charge in [-0.25, -0.2) is 0 Å². The Labute approximate surface area is 107 Å². The Kier molecular flexibility index (Phi) is 2.80. The average Bonchev–Trinajstić information content (AvgIpc) is 2.38. The van der Waals surface area contributed by atoms with Crippen molar-refractivity contribution >= 4 is 22.3 Å². The van der Waals surface area contributed by atoms with Crippen LogP contribution in [0.15, 0.2) is 30.5 Å². The summed E-state index contributed by atoms with van der Waals surface area (Å²) in [5.74, 6) is 0. The minimum Gasteiger partial charge on any atom is -0.399 e. The van der Waals surface area contributed by atoms with Crippen LogP contribution in [0.1, 0.15) is 0 Å². The fourth-order valence-corrected chi connectivity index (χ4v) is 2.47. The molecule has 1 aromatic heterocycles. The predicted octanol–water partition coefficient (Wildman–Crippen LogP) is 1.57. The number of nitrogens with two attached hydrogens (primary N) is 1. The van der Waals surface area contributed by atoms with Gasteiger partial charge in [0.2, 0.25) is 0 Å². The molecule has 4 nitrogen and oxygen atoms in total. The van der Waals surface area contributed by atoms with E-state index < -0.39 is 0 Å². The van der Waals surface area contributed by atoms with Crippen molar-refractivity contribution in [2.45, 2.75) is 0 Å². The van der Waals surface area contributed by atoms with Crippen LogP contribution in [-0.2, 0) is 0 Å². The number of likely N-dealkylation sites (N-methyl/N-ethyl adjacent to an activating group) is 1. The van der Waals surface area contributed by atoms with Gasteiger partial charge in [-0.3, -0.25) is 4.98 Å². The number of hydrogen-bond acceptors (Lipinski definition) is 4. The molecule has 2 N–H and O–H groups in total. The molecular weight excluding hydrogens is 224 g/mol. The summed E-state index contributed by atoms with van der Waals surface area (Å²) < 4.78 is 0. The highest BCUT2D eigenvalue weighted by Crippen LogP contribution is 2.27. The lowest BCUT2D eigenvalue weighted by Gasteiger charge is -2.34. The maximum Gasteiger partial charge on any atom is 0.0743 e. The number of anilines is 2. The van der Waals surface area contributed by atoms with Crippen LogP contribution in [0, 0.1) is 0 Å². The number of fused-ring (bicyclic) bond motifs is 1. The second kappa shape index (κ2) is 4.46. The molecule has 18 heavy (non-hydrogen) atoms. The summed E-state index contributed by atoms with van der Waals surface area (Å²) in [5.41, 5.74) is 8.83. The van der Waals surface area contributed by atoms with Crippen molar-refractivity contribution in [2.24, 2.45) is 0 Å². The second-order valence-electron chi connectivity index (χ2n) is 4.90. The third-order valence-corrected chi connectivity index (χ3v) is 3.59. The van der Waals surface area contributed by atoms with Crippen LogP contribution in [0.2, 0.25) is 0 Å². The number of nitrogens with zero attached hydrogens (tertiary/aromatic N) is 3. The van der Waals surface area contributed by atoms with Gasteiger partial charge in [0.15, 0.2) is 0 Å². The van der Waals surface area contributed by atoms with Crippen LogP contribution in [0.25, 0.3) is 10.9 Å². The molecule has 4 heteroatoms. The number of aromatic nitrogens is 1. The third kappa shape index (κ3) is 1.99. The molecule has 94 valence electrons. The smallest absolute Gasteiger partial charge is 0.0743 e. The zero-order valence-electron chi connectivity index (χ0n) is 10.6. The number of benzene rings is 1. The van der Waals surface area contributed by atoms with E-state index in [2.05, 4.69) is 34.0 Å². The van der Waals surface area contributed by atoms with Crippen molar-refractivity contribution in [3.8, 4) is 0 Å². The summed E-state index contributed by atoms with van der Waals surface area (Å²) in [6.45, 7) is 4.36. The van der Waals surface area contributed by atoms with Gasteiger partial charge in [0.25, 0.3) is 0 Å². The zero-order chi connectivity index (χ0) is 12.5. The summed E-state index contributed by atoms with van der Waals surface area (Å²) in [6, 6.07) is 8.06. The molecule has 1 aliphatic rings. The van der Waals surface area contributed by atoms with Crippen molar-refractivity contribution in [1.82, 2.24) is 9.88 Å². The molecule has 0 unspecified atom stereocenters. The Morgan fingerprint density at radius 1 is 1.11 bits per heavy atom. The molecule has 2 heterocycles. The van der Waals surface area contributed by atoms with E-state index in [-0.39, 0.29) is 0 Å². The monoisotopic (exact) mass is 242 g/mol. The molecule has 0 radical (unpaired) electrons. The van der Waals surface area contributed by atoms with Crippen LogP contribution in [-0.4, -0.2) is 43.1 Å². The Morgan fingerprint density at radius 3 is 2.67 bits per heavy atom. The fourth-order valence-electron chi connectivity index (χ4n) is 2.47. The molecule has 1 saturated heterocycles. The summed E-state index contributed by atoms with van der Waals surface area (Å²) in [7, 11) is 2.17. The first-order valence-corrected chi connectivity index (χ1v) is 6.32. The van der Waals surface area contributed by atoms with Gasteiger partial charge < -0.3 is 15.5 Å². The third-order valence-electron chi connectivity index (χ3n) is 3.59. The number of nitrogen functional groups attached to an aromatic ring is 1. The van der Waals surface area contributed by atoms with Crippen LogP contribution in [0.3, 0.4) is 0 Å². The molecule has 0 amide bonds. The van der Waals surface area contributed by atoms with Crippen molar-refractivity contribution in [3.63, 3.8) is 0 Å². The number of hydrogen-bond donors (Lipinski definition) is 1. The predicted molar refractivity (Wildman–Crippen MR) is 75.9 cm³/mol. The van der Waals surface area contributed by atoms with E-state index in [0.29, 0.717) is 0 Å². The van der Waals surface area contributed by atoms with Gasteiger partial charge in [0.05, 0.1) is 5.52 Å². The minimum atomic E-state index is 0.769. The van der Waals surface area contributed by atoms with E-state index in [1.807, 2.05) is 18.3 Å². The Balaban J connectivity index is 2.01. The first-order valence-electron chi connectivity index (χ1n) is 6.32. The van der Waals surface area contributed by atoms with Crippen molar-refractivity contribution in [3.05, 3.63) is 30.5 Å². The Bertz CT molecular complexity index is 559. The summed E-state index contributed by atoms with van der Waals surface area (Å²) in [5, 5.41) is 1.19. The van der Waals surface area contributed by atoms with Crippen LogP contribution in [0.4, 0.5) is 11.4 Å². The lowest BCUT2D eigenvalue weighted by Crippen LogP contribution is -2.44. The quantitative estimate of drug-likeness (QED) is 0.771. The molecule has 1 aliphatic heterocycles. The van der Waals surface area contributed by atoms with Crippen molar-refractivity contribution in [1.29, 1.82) is 0 Å². The molecule has 1 aromatic carbocycles. The van der Waals surface area contributed by atoms with Gasteiger partial charge in [-0.05, 0) is 31.3 Å². The first kappa shape index (κ1) is 11.3. The molecule has 0 spiro atoms. The van der Waals surface area contributed by atoms with E-state index in [1.165, 1.54) is 11.1 Å². The van der Waals surface area contributed by atoms with E-state index >= 15 is 0 Å². The normalized spacial score (nSPS) is 17.3. The maximum absolute atomic E-state index is 5.81. The Morgan fingerprint density at radius 2 is 1.89 bits per heavy atom. The second-order valence-corrected chi connectivity index (χ2v) is 4.90. The molecule has 0 aliphatic carbocycles. The highest BCUT2D eigenvalue weighted by Gasteiger charge is 2.16. The van der Waals surface area contributed by atoms with Gasteiger partial charge in [0, 0.05) is 49.1 Å². The van der Waals surface area contributed by atoms with Crippen LogP contribution < -0.4 is 10.6 Å². The minimum absolute atomic E-state index is 0.769. The van der Waals surface area contributed by atoms with E-state index in [9.17, 15) is 0 Å². The topological polar surface area (TPSA) is 45.4 Å². The van der Waals surface area contributed by atoms with E-state index in [1.54, 1.807) is 0 Å². The van der Waals surface area contributed by atoms with Crippen LogP contribution in [0.5, 0.6) is 0 Å². The number of piperazine rings is 1. The van der Waals surface area contributed by atoms with E-state index in [0.717, 1.165) is 37.4 Å². The van der Waals surface area contributed by atoms with Crippen LogP contribution >= 0.6 is 0 Å². The highest BCUT2D eigenvalue weighted by atomic mass is 15.2. The first-order chi connectivity index (χ1) is 8.74. The highest BCUT2D eigenvalue weighted by molar-refractivity contribution is 5.93. The van der Waals surface area contributed by atoms with Gasteiger partial charge >= 0.3 is 0 Å². The number of rotatable bonds is 1. The van der Waals surface area contributed by atoms with Gasteiger partial charge in [0.1, 0.15) is 0 Å². The summed E-state index contributed by atoms with van der Waals surface area (Å²) in [4.78, 5) is 9.19. The number of pyridine rings is 1. The summed E-state index contributed by atoms with van der Waals surface area (Å²) in [6.07, 6.45) is 1.87. The lowest BCUT2D eigenvalue weighted by molar-refractivity contribution is 0.313. The van der Waals surface area contributed by atoms with Gasteiger partial charge in [-0.1, -0.05) is 0 Å². The lowest BCUT2D eigenvalue weighted by atomic mass is 10.1. The van der Waals surface area contributed by atoms with Gasteiger partial charge in [-0.15, -0.1) is 0 Å². The SMILES string of the molecule is CN1CCN(c2ccnc3cc(N)ccc23)CC1. The standard InChI is InChI=1S/C14H18N4/c1-17-6-8-18(9-7-17)14-4-5-16-13-10-11(15)2-3-12(13)14/h2-5,10H,6-9,15H2,1H3. The molecular formula is C14H18N4. The fraction of sp³-hybridized carbons (Fsp3) is 0.357. The average molecular weight is 242 g/mol. The molecule has 0 saturated carbocycles. The summed E-state index contributed by atoms with van der Waals surface area (Å²) >= 11 is 0. The van der Waals surface area contributed by atoms with Gasteiger partial charge in [-0.2, -0.15) is 0 Å². The van der Waals surface area contributed by atoms with Crippen molar-refractivity contribution < 1.29 is 0 Å². The zero-order valence-corrected chi connectivity index (χ0v) is 10.6. The Hall–Kier alpha value is -1.81. The maximum atomic E-state index is 5.81. The van der Waals surface area contributed by atoms with Crippen molar-refractivity contribution in [2.75, 3.05) is 43.9 Å². The molecule has 3 rings (SSSR count). The molecule has 0 bridgehead atoms. The largest absolute Gasteiger partial charge is 0.399 e. The molecule has 2 aromatic rings. The van der Waals surface area contributed by atoms with E-state index in [4.69, 9.17) is 5.73 Å². The molecule has 1 fully saturated rings. The molecule has 0 atom stereocenters.